The van der Waals surface area contributed by atoms with Gasteiger partial charge in [-0.25, -0.2) is 0 Å². The summed E-state index contributed by atoms with van der Waals surface area (Å²) in [5, 5.41) is 19.4. The third-order valence-corrected chi connectivity index (χ3v) is 2.75. The van der Waals surface area contributed by atoms with E-state index >= 15 is 0 Å². The van der Waals surface area contributed by atoms with Gasteiger partial charge < -0.3 is 15.0 Å². The number of carbonyl (C=O) groups excluding carboxylic acids is 3. The molecule has 0 saturated heterocycles. The monoisotopic (exact) mass is 248 g/mol. The SMILES string of the molecule is O=C([O-])c1ccc2c(c1)C(=O)N(CCCO)C2=O. The Labute approximate surface area is 102 Å². The molecule has 0 aliphatic carbocycles. The number of hydrogen-bond acceptors (Lipinski definition) is 5. The van der Waals surface area contributed by atoms with E-state index in [1.807, 2.05) is 0 Å². The first kappa shape index (κ1) is 12.3. The van der Waals surface area contributed by atoms with Gasteiger partial charge in [-0.15, -0.1) is 0 Å². The van der Waals surface area contributed by atoms with Crippen molar-refractivity contribution in [1.82, 2.24) is 4.90 Å². The molecule has 1 heterocycles. The largest absolute Gasteiger partial charge is 0.545 e. The maximum Gasteiger partial charge on any atom is 0.261 e. The summed E-state index contributed by atoms with van der Waals surface area (Å²) < 4.78 is 0. The molecule has 18 heavy (non-hydrogen) atoms. The fourth-order valence-electron chi connectivity index (χ4n) is 1.85. The summed E-state index contributed by atoms with van der Waals surface area (Å²) >= 11 is 0. The smallest absolute Gasteiger partial charge is 0.261 e. The average Bonchev–Trinajstić information content (AvgIpc) is 2.59. The zero-order valence-corrected chi connectivity index (χ0v) is 9.38. The van der Waals surface area contributed by atoms with Gasteiger partial charge in [0.1, 0.15) is 0 Å². The van der Waals surface area contributed by atoms with Crippen LogP contribution in [-0.2, 0) is 0 Å². The molecule has 0 aromatic heterocycles. The van der Waals surface area contributed by atoms with Crippen molar-refractivity contribution in [3.63, 3.8) is 0 Å². The Balaban J connectivity index is 2.36. The number of carbonyl (C=O) groups is 3. The third kappa shape index (κ3) is 1.86. The minimum absolute atomic E-state index is 0.0691. The second-order valence-corrected chi connectivity index (χ2v) is 3.89. The fourth-order valence-corrected chi connectivity index (χ4v) is 1.85. The van der Waals surface area contributed by atoms with Crippen LogP contribution in [0.25, 0.3) is 0 Å². The first-order chi connectivity index (χ1) is 8.56. The number of aromatic carboxylic acids is 1. The minimum atomic E-state index is -1.40. The standard InChI is InChI=1S/C12H11NO5/c14-5-1-4-13-10(15)8-3-2-7(12(17)18)6-9(8)11(13)16/h2-3,6,14H,1,4-5H2,(H,17,18)/p-1. The molecular formula is C12H10NO5-. The average molecular weight is 248 g/mol. The second-order valence-electron chi connectivity index (χ2n) is 3.89. The number of amides is 2. The number of fused-ring (bicyclic) bond motifs is 1. The number of nitrogens with zero attached hydrogens (tertiary/aromatic N) is 1. The Morgan fingerprint density at radius 2 is 1.89 bits per heavy atom. The molecule has 1 aliphatic rings. The van der Waals surface area contributed by atoms with E-state index in [0.29, 0.717) is 6.42 Å². The van der Waals surface area contributed by atoms with Gasteiger partial charge >= 0.3 is 0 Å². The van der Waals surface area contributed by atoms with E-state index in [4.69, 9.17) is 5.11 Å². The second kappa shape index (κ2) is 4.58. The van der Waals surface area contributed by atoms with Crippen LogP contribution in [0, 0.1) is 0 Å². The van der Waals surface area contributed by atoms with Crippen molar-refractivity contribution < 1.29 is 24.6 Å². The van der Waals surface area contributed by atoms with Gasteiger partial charge in [-0.05, 0) is 24.1 Å². The first-order valence-corrected chi connectivity index (χ1v) is 5.38. The van der Waals surface area contributed by atoms with Gasteiger partial charge in [0.25, 0.3) is 11.8 Å². The number of rotatable bonds is 4. The molecule has 6 nitrogen and oxygen atoms in total. The molecule has 94 valence electrons. The number of aliphatic hydroxyl groups is 1. The molecular weight excluding hydrogens is 238 g/mol. The Kier molecular flexibility index (Phi) is 3.12. The molecule has 2 amide bonds. The third-order valence-electron chi connectivity index (χ3n) is 2.75. The van der Waals surface area contributed by atoms with Gasteiger partial charge in [0.2, 0.25) is 0 Å². The quantitative estimate of drug-likeness (QED) is 0.691. The molecule has 2 rings (SSSR count). The highest BCUT2D eigenvalue weighted by atomic mass is 16.4. The Hall–Kier alpha value is -2.21. The highest BCUT2D eigenvalue weighted by Gasteiger charge is 2.35. The lowest BCUT2D eigenvalue weighted by molar-refractivity contribution is -0.255. The van der Waals surface area contributed by atoms with Gasteiger partial charge in [-0.3, -0.25) is 14.5 Å². The van der Waals surface area contributed by atoms with Gasteiger partial charge in [-0.1, -0.05) is 6.07 Å². The van der Waals surface area contributed by atoms with Crippen molar-refractivity contribution in [2.45, 2.75) is 6.42 Å². The summed E-state index contributed by atoms with van der Waals surface area (Å²) in [4.78, 5) is 35.4. The van der Waals surface area contributed by atoms with Crippen LogP contribution in [0.5, 0.6) is 0 Å². The Morgan fingerprint density at radius 1 is 1.22 bits per heavy atom. The lowest BCUT2D eigenvalue weighted by atomic mass is 10.1. The topological polar surface area (TPSA) is 97.7 Å². The molecule has 1 aromatic rings. The van der Waals surface area contributed by atoms with Crippen LogP contribution in [0.3, 0.4) is 0 Å². The number of aliphatic hydroxyl groups excluding tert-OH is 1. The molecule has 1 N–H and O–H groups in total. The molecule has 6 heteroatoms. The zero-order chi connectivity index (χ0) is 13.3. The molecule has 1 aromatic carbocycles. The Morgan fingerprint density at radius 3 is 2.50 bits per heavy atom. The highest BCUT2D eigenvalue weighted by molar-refractivity contribution is 6.21. The summed E-state index contributed by atoms with van der Waals surface area (Å²) in [6.45, 7) is -0.0127. The van der Waals surface area contributed by atoms with Crippen molar-refractivity contribution >= 4 is 17.8 Å². The molecule has 0 radical (unpaired) electrons. The lowest BCUT2D eigenvalue weighted by Crippen LogP contribution is -2.31. The number of imide groups is 1. The highest BCUT2D eigenvalue weighted by Crippen LogP contribution is 2.23. The summed E-state index contributed by atoms with van der Waals surface area (Å²) in [6, 6.07) is 3.68. The van der Waals surface area contributed by atoms with Gasteiger partial charge in [-0.2, -0.15) is 0 Å². The molecule has 0 saturated carbocycles. The van der Waals surface area contributed by atoms with E-state index in [1.54, 1.807) is 0 Å². The molecule has 0 atom stereocenters. The first-order valence-electron chi connectivity index (χ1n) is 5.38. The van der Waals surface area contributed by atoms with Crippen LogP contribution in [0.15, 0.2) is 18.2 Å². The number of benzene rings is 1. The molecule has 1 aliphatic heterocycles. The number of hydrogen-bond donors (Lipinski definition) is 1. The van der Waals surface area contributed by atoms with Crippen LogP contribution in [0.2, 0.25) is 0 Å². The summed E-state index contributed by atoms with van der Waals surface area (Å²) in [5.41, 5.74) is 0.112. The van der Waals surface area contributed by atoms with E-state index in [-0.39, 0.29) is 29.8 Å². The maximum atomic E-state index is 11.9. The van der Waals surface area contributed by atoms with Crippen molar-refractivity contribution in [2.75, 3.05) is 13.2 Å². The predicted molar refractivity (Wildman–Crippen MR) is 57.8 cm³/mol. The molecule has 0 bridgehead atoms. The van der Waals surface area contributed by atoms with Crippen molar-refractivity contribution in [1.29, 1.82) is 0 Å². The van der Waals surface area contributed by atoms with Gasteiger partial charge in [0, 0.05) is 13.2 Å². The zero-order valence-electron chi connectivity index (χ0n) is 9.38. The lowest BCUT2D eigenvalue weighted by Gasteiger charge is -2.12. The van der Waals surface area contributed by atoms with Crippen molar-refractivity contribution in [2.24, 2.45) is 0 Å². The number of carboxylic acid groups (broad SMARTS) is 1. The van der Waals surface area contributed by atoms with Crippen molar-refractivity contribution in [3.05, 3.63) is 34.9 Å². The van der Waals surface area contributed by atoms with Crippen molar-refractivity contribution in [3.8, 4) is 0 Å². The van der Waals surface area contributed by atoms with Gasteiger partial charge in [0.05, 0.1) is 17.1 Å². The van der Waals surface area contributed by atoms with Crippen LogP contribution in [0.4, 0.5) is 0 Å². The predicted octanol–water partition coefficient (Wildman–Crippen LogP) is -0.972. The van der Waals surface area contributed by atoms with Crippen LogP contribution >= 0.6 is 0 Å². The minimum Gasteiger partial charge on any atom is -0.545 e. The molecule has 0 spiro atoms. The fraction of sp³-hybridized carbons (Fsp3) is 0.250. The summed E-state index contributed by atoms with van der Waals surface area (Å²) in [7, 11) is 0. The van der Waals surface area contributed by atoms with Gasteiger partial charge in [0.15, 0.2) is 0 Å². The van der Waals surface area contributed by atoms with Crippen LogP contribution in [0.1, 0.15) is 37.5 Å². The number of carboxylic acids is 1. The van der Waals surface area contributed by atoms with E-state index < -0.39 is 17.8 Å². The van der Waals surface area contributed by atoms with Crippen LogP contribution < -0.4 is 5.11 Å². The molecule has 0 unspecified atom stereocenters. The summed E-state index contributed by atoms with van der Waals surface area (Å²) in [6.07, 6.45) is 0.290. The Bertz CT molecular complexity index is 537. The van der Waals surface area contributed by atoms with Crippen LogP contribution in [-0.4, -0.2) is 40.9 Å². The molecule has 0 fully saturated rings. The normalized spacial score (nSPS) is 13.9. The summed E-state index contributed by atoms with van der Waals surface area (Å²) in [5.74, 6) is -2.40. The maximum absolute atomic E-state index is 11.9. The van der Waals surface area contributed by atoms with E-state index in [9.17, 15) is 19.5 Å². The van der Waals surface area contributed by atoms with E-state index in [1.165, 1.54) is 12.1 Å². The van der Waals surface area contributed by atoms with E-state index in [2.05, 4.69) is 0 Å². The van der Waals surface area contributed by atoms with E-state index in [0.717, 1.165) is 11.0 Å².